The number of carbonyl (C=O) groups is 1. The first-order valence-electron chi connectivity index (χ1n) is 8.90. The van der Waals surface area contributed by atoms with Crippen molar-refractivity contribution in [1.82, 2.24) is 0 Å². The largest absolute Gasteiger partial charge is 0.428 e. The predicted molar refractivity (Wildman–Crippen MR) is 111 cm³/mol. The summed E-state index contributed by atoms with van der Waals surface area (Å²) in [4.78, 5) is 13.0. The van der Waals surface area contributed by atoms with Gasteiger partial charge in [-0.1, -0.05) is 91.0 Å². The summed E-state index contributed by atoms with van der Waals surface area (Å²) in [5, 5.41) is 3.19. The molecule has 1 saturated heterocycles. The summed E-state index contributed by atoms with van der Waals surface area (Å²) in [6, 6.07) is 30.4. The number of rotatable bonds is 3. The molecule has 3 nitrogen and oxygen atoms in total. The maximum absolute atomic E-state index is 13.0. The number of cyclic esters (lactones) is 1. The lowest BCUT2D eigenvalue weighted by Gasteiger charge is -2.29. The molecule has 4 rings (SSSR count). The minimum Gasteiger partial charge on any atom is -0.428 e. The summed E-state index contributed by atoms with van der Waals surface area (Å²) in [5.74, 6) is -1.36. The third kappa shape index (κ3) is 3.03. The van der Waals surface area contributed by atoms with E-state index in [2.05, 4.69) is 36.4 Å². The molecule has 0 aromatic heterocycles. The molecule has 0 spiro atoms. The highest BCUT2D eigenvalue weighted by atomic mass is 31.2. The van der Waals surface area contributed by atoms with Crippen molar-refractivity contribution in [2.24, 2.45) is 0 Å². The average molecular weight is 376 g/mol. The number of hydrogen-bond acceptors (Lipinski definition) is 3. The van der Waals surface area contributed by atoms with Crippen molar-refractivity contribution in [1.29, 1.82) is 0 Å². The second kappa shape index (κ2) is 6.84. The average Bonchev–Trinajstić information content (AvgIpc) is 2.98. The Labute approximate surface area is 159 Å². The molecule has 1 fully saturated rings. The Morgan fingerprint density at radius 2 is 1.00 bits per heavy atom. The van der Waals surface area contributed by atoms with E-state index < -0.39 is 12.7 Å². The summed E-state index contributed by atoms with van der Waals surface area (Å²) in [6.07, 6.45) is 0. The van der Waals surface area contributed by atoms with E-state index in [0.717, 1.165) is 15.9 Å². The highest BCUT2D eigenvalue weighted by Crippen LogP contribution is 2.48. The second-order valence-electron chi connectivity index (χ2n) is 6.87. The Bertz CT molecular complexity index is 906. The Balaban J connectivity index is 2.20. The predicted octanol–water partition coefficient (Wildman–Crippen LogP) is 3.42. The van der Waals surface area contributed by atoms with Gasteiger partial charge in [-0.05, 0) is 15.9 Å². The van der Waals surface area contributed by atoms with Crippen LogP contribution in [0.4, 0.5) is 0 Å². The van der Waals surface area contributed by atoms with Gasteiger partial charge in [-0.25, -0.2) is 4.79 Å². The molecular formula is C23H21O3P. The topological polar surface area (TPSA) is 35.5 Å². The van der Waals surface area contributed by atoms with Crippen molar-refractivity contribution in [2.45, 2.75) is 19.6 Å². The lowest BCUT2D eigenvalue weighted by molar-refractivity contribution is -0.158. The van der Waals surface area contributed by atoms with Crippen molar-refractivity contribution >= 4 is 34.2 Å². The van der Waals surface area contributed by atoms with Crippen molar-refractivity contribution in [3.63, 3.8) is 0 Å². The van der Waals surface area contributed by atoms with E-state index in [9.17, 15) is 4.79 Å². The van der Waals surface area contributed by atoms with Gasteiger partial charge in [0.15, 0.2) is 5.48 Å². The zero-order chi connectivity index (χ0) is 18.9. The van der Waals surface area contributed by atoms with Crippen LogP contribution in [0.1, 0.15) is 13.8 Å². The Morgan fingerprint density at radius 1 is 0.630 bits per heavy atom. The van der Waals surface area contributed by atoms with Gasteiger partial charge in [-0.2, -0.15) is 0 Å². The van der Waals surface area contributed by atoms with Crippen LogP contribution in [0.3, 0.4) is 0 Å². The maximum Gasteiger partial charge on any atom is 0.365 e. The van der Waals surface area contributed by atoms with E-state index >= 15 is 0 Å². The van der Waals surface area contributed by atoms with Crippen LogP contribution < -0.4 is 15.9 Å². The second-order valence-corrected chi connectivity index (χ2v) is 10.2. The molecule has 0 bridgehead atoms. The molecule has 0 N–H and O–H groups in total. The van der Waals surface area contributed by atoms with E-state index in [0.29, 0.717) is 5.48 Å². The van der Waals surface area contributed by atoms with E-state index in [-0.39, 0.29) is 5.97 Å². The normalized spacial score (nSPS) is 16.2. The number of esters is 1. The van der Waals surface area contributed by atoms with E-state index in [1.165, 1.54) is 0 Å². The highest BCUT2D eigenvalue weighted by molar-refractivity contribution is 7.96. The molecule has 1 heterocycles. The molecule has 27 heavy (non-hydrogen) atoms. The minimum atomic E-state index is -2.52. The lowest BCUT2D eigenvalue weighted by atomic mass is 10.4. The fourth-order valence-corrected chi connectivity index (χ4v) is 7.65. The SMILES string of the molecule is CC1(C)OC(=O)C(=P(c2ccccc2)(c2ccccc2)c2ccccc2)O1. The molecule has 4 heteroatoms. The third-order valence-electron chi connectivity index (χ3n) is 4.59. The van der Waals surface area contributed by atoms with Crippen LogP contribution in [-0.2, 0) is 14.3 Å². The summed E-state index contributed by atoms with van der Waals surface area (Å²) < 4.78 is 11.7. The first-order chi connectivity index (χ1) is 13.0. The number of carbonyl (C=O) groups excluding carboxylic acids is 1. The molecule has 1 aliphatic heterocycles. The van der Waals surface area contributed by atoms with Crippen LogP contribution >= 0.6 is 6.89 Å². The molecule has 3 aromatic carbocycles. The third-order valence-corrected chi connectivity index (χ3v) is 8.69. The first-order valence-corrected chi connectivity index (χ1v) is 10.7. The van der Waals surface area contributed by atoms with Crippen LogP contribution in [-0.4, -0.2) is 17.2 Å². The molecule has 0 saturated carbocycles. The van der Waals surface area contributed by atoms with Crippen LogP contribution in [0.2, 0.25) is 0 Å². The van der Waals surface area contributed by atoms with Crippen LogP contribution in [0.15, 0.2) is 91.0 Å². The number of hydrogen-bond donors (Lipinski definition) is 0. The Hall–Kier alpha value is -2.61. The van der Waals surface area contributed by atoms with Crippen LogP contribution in [0.5, 0.6) is 0 Å². The summed E-state index contributed by atoms with van der Waals surface area (Å²) in [7, 11) is 0. The van der Waals surface area contributed by atoms with Crippen molar-refractivity contribution in [2.75, 3.05) is 0 Å². The van der Waals surface area contributed by atoms with Crippen molar-refractivity contribution < 1.29 is 14.3 Å². The number of ether oxygens (including phenoxy) is 2. The molecule has 1 aliphatic rings. The minimum absolute atomic E-state index is 0.384. The lowest BCUT2D eigenvalue weighted by Crippen LogP contribution is -2.33. The maximum atomic E-state index is 13.0. The zero-order valence-electron chi connectivity index (χ0n) is 15.3. The molecule has 0 radical (unpaired) electrons. The first kappa shape index (κ1) is 17.8. The zero-order valence-corrected chi connectivity index (χ0v) is 16.2. The summed E-state index contributed by atoms with van der Waals surface area (Å²) >= 11 is 0. The van der Waals surface area contributed by atoms with Gasteiger partial charge in [0.2, 0.25) is 5.79 Å². The van der Waals surface area contributed by atoms with Crippen molar-refractivity contribution in [3.8, 4) is 0 Å². The van der Waals surface area contributed by atoms with Gasteiger partial charge in [0.1, 0.15) is 0 Å². The molecule has 0 atom stereocenters. The van der Waals surface area contributed by atoms with E-state index in [1.54, 1.807) is 13.8 Å². The van der Waals surface area contributed by atoms with E-state index in [1.807, 2.05) is 54.6 Å². The van der Waals surface area contributed by atoms with Gasteiger partial charge in [0, 0.05) is 20.7 Å². The van der Waals surface area contributed by atoms with Gasteiger partial charge in [-0.15, -0.1) is 0 Å². The summed E-state index contributed by atoms with van der Waals surface area (Å²) in [5.41, 5.74) is 0.399. The number of benzene rings is 3. The fraction of sp³-hybridized carbons (Fsp3) is 0.130. The molecule has 0 amide bonds. The summed E-state index contributed by atoms with van der Waals surface area (Å²) in [6.45, 7) is 1.03. The molecule has 0 unspecified atom stereocenters. The van der Waals surface area contributed by atoms with Gasteiger partial charge in [0.25, 0.3) is 0 Å². The quantitative estimate of drug-likeness (QED) is 0.519. The van der Waals surface area contributed by atoms with Crippen molar-refractivity contribution in [3.05, 3.63) is 91.0 Å². The van der Waals surface area contributed by atoms with Crippen LogP contribution in [0.25, 0.3) is 0 Å². The molecule has 136 valence electrons. The molecule has 3 aromatic rings. The molecular weight excluding hydrogens is 355 g/mol. The Morgan fingerprint density at radius 3 is 1.30 bits per heavy atom. The highest BCUT2D eigenvalue weighted by Gasteiger charge is 2.44. The smallest absolute Gasteiger partial charge is 0.365 e. The van der Waals surface area contributed by atoms with Crippen LogP contribution in [0, 0.1) is 0 Å². The Kier molecular flexibility index (Phi) is 4.51. The molecule has 0 aliphatic carbocycles. The van der Waals surface area contributed by atoms with Gasteiger partial charge in [-0.3, -0.25) is 4.74 Å². The van der Waals surface area contributed by atoms with Gasteiger partial charge < -0.3 is 4.74 Å². The standard InChI is InChI=1S/C23H21O3P/c1-23(2)25-21(24)22(26-23)27(18-12-6-3-7-13-18,19-14-8-4-9-15-19)20-16-10-5-11-17-20/h3-17H,1-2H3. The van der Waals surface area contributed by atoms with Gasteiger partial charge >= 0.3 is 5.97 Å². The van der Waals surface area contributed by atoms with E-state index in [4.69, 9.17) is 9.47 Å². The fourth-order valence-electron chi connectivity index (χ4n) is 3.52. The monoisotopic (exact) mass is 376 g/mol. The van der Waals surface area contributed by atoms with Gasteiger partial charge in [0.05, 0.1) is 0 Å².